The van der Waals surface area contributed by atoms with Gasteiger partial charge < -0.3 is 14.6 Å². The third-order valence-corrected chi connectivity index (χ3v) is 6.39. The molecule has 34 heavy (non-hydrogen) atoms. The van der Waals surface area contributed by atoms with Gasteiger partial charge in [-0.25, -0.2) is 19.2 Å². The molecule has 3 heterocycles. The summed E-state index contributed by atoms with van der Waals surface area (Å²) in [6.07, 6.45) is 6.94. The lowest BCUT2D eigenvalue weighted by atomic mass is 9.73. The van der Waals surface area contributed by atoms with E-state index in [0.717, 1.165) is 5.56 Å². The second-order valence-corrected chi connectivity index (χ2v) is 8.37. The highest BCUT2D eigenvalue weighted by Gasteiger charge is 2.53. The number of ether oxygens (including phenoxy) is 2. The van der Waals surface area contributed by atoms with Gasteiger partial charge in [0.05, 0.1) is 5.56 Å². The minimum atomic E-state index is -1.65. The molecule has 1 amide bonds. The van der Waals surface area contributed by atoms with Crippen LogP contribution in [0.2, 0.25) is 0 Å². The Kier molecular flexibility index (Phi) is 5.45. The summed E-state index contributed by atoms with van der Waals surface area (Å²) in [7, 11) is 0. The van der Waals surface area contributed by atoms with Gasteiger partial charge in [-0.2, -0.15) is 0 Å². The highest BCUT2D eigenvalue weighted by Crippen LogP contribution is 2.49. The highest BCUT2D eigenvalue weighted by atomic mass is 19.1. The topological polar surface area (TPSA) is 124 Å². The standard InChI is InChI=1S/C24H21FN4O5/c25-14-33-17-3-1-2-15(10-17)16-11-27-22(28-12-16)29-21(31)23(32)5-7-24(8-6-23)19-13-26-9-4-18(19)20(30)34-24/h1-4,9-13,32H,5-8,14H2,(H,27,28,29,31)/t23-,24+. The van der Waals surface area contributed by atoms with Crippen molar-refractivity contribution in [3.8, 4) is 16.9 Å². The quantitative estimate of drug-likeness (QED) is 0.552. The van der Waals surface area contributed by atoms with Crippen LogP contribution >= 0.6 is 0 Å². The number of halogens is 1. The molecule has 0 atom stereocenters. The molecule has 2 aromatic heterocycles. The molecule has 1 aliphatic heterocycles. The van der Waals surface area contributed by atoms with Crippen molar-refractivity contribution >= 4 is 17.8 Å². The molecule has 5 rings (SSSR count). The summed E-state index contributed by atoms with van der Waals surface area (Å²) in [5, 5.41) is 13.6. The Bertz CT molecular complexity index is 1240. The number of fused-ring (bicyclic) bond motifs is 2. The number of aromatic nitrogens is 3. The van der Waals surface area contributed by atoms with Crippen molar-refractivity contribution < 1.29 is 28.6 Å². The predicted octanol–water partition coefficient (Wildman–Crippen LogP) is 3.15. The molecular weight excluding hydrogens is 443 g/mol. The maximum atomic E-state index is 12.9. The molecule has 1 saturated carbocycles. The first-order valence-electron chi connectivity index (χ1n) is 10.8. The van der Waals surface area contributed by atoms with Crippen LogP contribution < -0.4 is 10.1 Å². The fourth-order valence-corrected chi connectivity index (χ4v) is 4.48. The van der Waals surface area contributed by atoms with E-state index in [2.05, 4.69) is 20.3 Å². The molecule has 174 valence electrons. The third kappa shape index (κ3) is 3.86. The Balaban J connectivity index is 1.26. The molecule has 9 nitrogen and oxygen atoms in total. The monoisotopic (exact) mass is 464 g/mol. The van der Waals surface area contributed by atoms with Crippen LogP contribution in [-0.4, -0.2) is 44.4 Å². The number of nitrogens with zero attached hydrogens (tertiary/aromatic N) is 3. The number of amides is 1. The Hall–Kier alpha value is -3.92. The van der Waals surface area contributed by atoms with Crippen LogP contribution in [0.15, 0.2) is 55.1 Å². The average molecular weight is 464 g/mol. The van der Waals surface area contributed by atoms with Gasteiger partial charge in [0.15, 0.2) is 0 Å². The van der Waals surface area contributed by atoms with Gasteiger partial charge in [0.2, 0.25) is 12.8 Å². The largest absolute Gasteiger partial charge is 0.463 e. The van der Waals surface area contributed by atoms with Crippen molar-refractivity contribution in [2.45, 2.75) is 36.9 Å². The number of aliphatic hydroxyl groups is 1. The number of rotatable bonds is 5. The smallest absolute Gasteiger partial charge is 0.339 e. The van der Waals surface area contributed by atoms with Crippen LogP contribution in [0.3, 0.4) is 0 Å². The van der Waals surface area contributed by atoms with Gasteiger partial charge in [-0.3, -0.25) is 15.1 Å². The van der Waals surface area contributed by atoms with Crippen LogP contribution in [0.1, 0.15) is 41.6 Å². The molecule has 2 N–H and O–H groups in total. The second-order valence-electron chi connectivity index (χ2n) is 8.37. The number of carbonyl (C=O) groups excluding carboxylic acids is 2. The number of benzene rings is 1. The molecule has 1 aromatic carbocycles. The number of carbonyl (C=O) groups is 2. The van der Waals surface area contributed by atoms with Crippen LogP contribution in [0.25, 0.3) is 11.1 Å². The summed E-state index contributed by atoms with van der Waals surface area (Å²) in [5.41, 5.74) is 0.0217. The van der Waals surface area contributed by atoms with E-state index in [-0.39, 0.29) is 18.8 Å². The summed E-state index contributed by atoms with van der Waals surface area (Å²) in [4.78, 5) is 37.5. The van der Waals surface area contributed by atoms with Gasteiger partial charge in [0.1, 0.15) is 17.0 Å². The Morgan fingerprint density at radius 2 is 1.88 bits per heavy atom. The fraction of sp³-hybridized carbons (Fsp3) is 0.292. The van der Waals surface area contributed by atoms with E-state index in [9.17, 15) is 19.1 Å². The molecule has 1 aliphatic carbocycles. The van der Waals surface area contributed by atoms with Crippen molar-refractivity contribution in [3.63, 3.8) is 0 Å². The molecule has 0 radical (unpaired) electrons. The van der Waals surface area contributed by atoms with Gasteiger partial charge in [0, 0.05) is 35.9 Å². The van der Waals surface area contributed by atoms with Crippen LogP contribution in [0.5, 0.6) is 5.75 Å². The normalized spacial score (nSPS) is 23.3. The first kappa shape index (κ1) is 21.9. The van der Waals surface area contributed by atoms with E-state index in [1.54, 1.807) is 36.5 Å². The Morgan fingerprint density at radius 1 is 1.12 bits per heavy atom. The van der Waals surface area contributed by atoms with E-state index in [1.165, 1.54) is 18.6 Å². The number of anilines is 1. The summed E-state index contributed by atoms with van der Waals surface area (Å²) in [6.45, 7) is -0.930. The summed E-state index contributed by atoms with van der Waals surface area (Å²) >= 11 is 0. The molecule has 10 heteroatoms. The number of alkyl halides is 1. The van der Waals surface area contributed by atoms with Gasteiger partial charge in [-0.05, 0) is 49.4 Å². The summed E-state index contributed by atoms with van der Waals surface area (Å²) in [5.74, 6) is -0.617. The predicted molar refractivity (Wildman–Crippen MR) is 117 cm³/mol. The number of nitrogens with one attached hydrogen (secondary N) is 1. The van der Waals surface area contributed by atoms with Crippen molar-refractivity contribution in [1.29, 1.82) is 0 Å². The highest BCUT2D eigenvalue weighted by molar-refractivity contribution is 5.97. The summed E-state index contributed by atoms with van der Waals surface area (Å²) < 4.78 is 22.9. The van der Waals surface area contributed by atoms with Crippen LogP contribution in [-0.2, 0) is 15.1 Å². The van der Waals surface area contributed by atoms with Gasteiger partial charge in [0.25, 0.3) is 5.91 Å². The van der Waals surface area contributed by atoms with Crippen molar-refractivity contribution in [2.75, 3.05) is 12.2 Å². The lowest BCUT2D eigenvalue weighted by Crippen LogP contribution is -2.49. The third-order valence-electron chi connectivity index (χ3n) is 6.39. The number of esters is 1. The zero-order chi connectivity index (χ0) is 23.8. The van der Waals surface area contributed by atoms with E-state index in [4.69, 9.17) is 9.47 Å². The zero-order valence-corrected chi connectivity index (χ0v) is 18.0. The molecule has 1 spiro atoms. The zero-order valence-electron chi connectivity index (χ0n) is 18.0. The lowest BCUT2D eigenvalue weighted by Gasteiger charge is -2.40. The maximum absolute atomic E-state index is 12.9. The molecule has 2 aliphatic rings. The van der Waals surface area contributed by atoms with Gasteiger partial charge in [-0.1, -0.05) is 12.1 Å². The Morgan fingerprint density at radius 3 is 2.62 bits per heavy atom. The lowest BCUT2D eigenvalue weighted by molar-refractivity contribution is -0.144. The van der Waals surface area contributed by atoms with Crippen LogP contribution in [0, 0.1) is 0 Å². The van der Waals surface area contributed by atoms with Crippen molar-refractivity contribution in [3.05, 3.63) is 66.2 Å². The Labute approximate surface area is 194 Å². The average Bonchev–Trinajstić information content (AvgIpc) is 3.14. The maximum Gasteiger partial charge on any atom is 0.339 e. The van der Waals surface area contributed by atoms with E-state index < -0.39 is 29.9 Å². The number of hydrogen-bond acceptors (Lipinski definition) is 8. The van der Waals surface area contributed by atoms with Crippen LogP contribution in [0.4, 0.5) is 10.3 Å². The van der Waals surface area contributed by atoms with E-state index >= 15 is 0 Å². The second kappa shape index (κ2) is 8.45. The van der Waals surface area contributed by atoms with Crippen molar-refractivity contribution in [1.82, 2.24) is 15.0 Å². The summed E-state index contributed by atoms with van der Waals surface area (Å²) in [6, 6.07) is 8.42. The molecule has 1 fully saturated rings. The SMILES string of the molecule is O=C1O[C@]2(CC[C@](O)(C(=O)Nc3ncc(-c4cccc(OCF)c4)cn3)CC2)c2cnccc21. The van der Waals surface area contributed by atoms with Crippen molar-refractivity contribution in [2.24, 2.45) is 0 Å². The molecular formula is C24H21FN4O5. The van der Waals surface area contributed by atoms with E-state index in [1.807, 2.05) is 0 Å². The number of pyridine rings is 1. The molecule has 0 bridgehead atoms. The number of hydrogen-bond donors (Lipinski definition) is 2. The minimum absolute atomic E-state index is 0.0421. The first-order valence-corrected chi connectivity index (χ1v) is 10.8. The molecule has 0 saturated heterocycles. The first-order chi connectivity index (χ1) is 16.4. The molecule has 3 aromatic rings. The van der Waals surface area contributed by atoms with Gasteiger partial charge in [-0.15, -0.1) is 0 Å². The van der Waals surface area contributed by atoms with E-state index in [0.29, 0.717) is 35.3 Å². The molecule has 0 unspecified atom stereocenters. The minimum Gasteiger partial charge on any atom is -0.463 e. The van der Waals surface area contributed by atoms with Gasteiger partial charge >= 0.3 is 5.97 Å². The fourth-order valence-electron chi connectivity index (χ4n) is 4.48.